The number of ketones is 1. The minimum absolute atomic E-state index is 0.0169. The maximum absolute atomic E-state index is 13.0. The standard InChI is InChI=1S/C24H37NO2.C24H40O.C22H34N2O3.C22H33NO3.C22H35NO2/c1-15(2)27-18-8-11-24(5)17(12-18)13-21(26)25-22-19-7-6-16(3)14-23(19,4)10-9-20(22)24;1-16(2)25-19-10-13-24(5)18(14-19)7-8-20-21-9-6-17(3)15-23(21,4)12-11-22(20)24;1-13(2)27-17-8-7-16-15-6-5-14-11-18(25)23-10-9-21(14,3)20(15)24-19(26)12-22(16,17)4;1-13(2)26-15-7-9-21(3)14(11-15)12-19(25)23-20-16-5-6-18(24)22(16,4)10-8-17(20)21;1-14(2)25-19-8-7-17-16-6-5-15-13-20(24)23-12-11-21(15,3)18(16)9-10-22(17,19)4/h13,15,18-20,22H,3,6-12,14H2,1-2,4-5H3,(H,25,26);16,18-22H,3,6-15H2,1-2,4-5H3;11,13,15-17,20H,5-10,12H2,1-4H3,(H,23,25)(H,24,26);12-13,15-17,20H,5-11H2,1-4H3,(H,23,25);13-14,16-19H,5-12H2,1-4H3,(H,23,24)/t18-,19-,20-,22-,23+,24-;18-,19-,20-,21-,22-,23+,24-;2*15-,16-,17-,20-,21-,22-;16-,17-,18-,19-,21-,22-/m00000/s1. The maximum atomic E-state index is 13.0. The average molecular weight is 1800 g/mol. The third-order valence-corrected chi connectivity index (χ3v) is 41.7. The first-order valence-electron chi connectivity index (χ1n) is 53.8. The van der Waals surface area contributed by atoms with E-state index < -0.39 is 0 Å². The lowest BCUT2D eigenvalue weighted by molar-refractivity contribution is -0.144. The summed E-state index contributed by atoms with van der Waals surface area (Å²) in [6.07, 6.45) is 54.5. The Morgan fingerprint density at radius 2 is 0.738 bits per heavy atom. The molecule has 0 aromatic carbocycles. The Morgan fingerprint density at radius 3 is 1.31 bits per heavy atom. The molecule has 5 amide bonds. The van der Waals surface area contributed by atoms with Crippen LogP contribution in [0.25, 0.3) is 0 Å². The van der Waals surface area contributed by atoms with Gasteiger partial charge < -0.3 is 50.3 Å². The van der Waals surface area contributed by atoms with Gasteiger partial charge in [-0.25, -0.2) is 0 Å². The number of ether oxygens (including phenoxy) is 5. The summed E-state index contributed by atoms with van der Waals surface area (Å²) in [5.74, 6) is 9.92. The van der Waals surface area contributed by atoms with Crippen molar-refractivity contribution in [3.05, 3.63) is 70.9 Å². The van der Waals surface area contributed by atoms with Crippen molar-refractivity contribution in [2.75, 3.05) is 13.1 Å². The third-order valence-electron chi connectivity index (χ3n) is 41.7. The zero-order chi connectivity index (χ0) is 93.1. The van der Waals surface area contributed by atoms with E-state index in [0.717, 1.165) is 164 Å². The molecule has 20 aliphatic rings. The molecule has 0 spiro atoms. The van der Waals surface area contributed by atoms with Crippen LogP contribution in [0.3, 0.4) is 0 Å². The van der Waals surface area contributed by atoms with Gasteiger partial charge in [0.15, 0.2) is 0 Å². The van der Waals surface area contributed by atoms with Gasteiger partial charge in [0.1, 0.15) is 5.78 Å². The van der Waals surface area contributed by atoms with E-state index in [2.05, 4.69) is 178 Å². The molecular weight excluding hydrogens is 1620 g/mol. The van der Waals surface area contributed by atoms with Gasteiger partial charge in [0.2, 0.25) is 29.5 Å². The summed E-state index contributed by atoms with van der Waals surface area (Å²) in [5.41, 5.74) is 9.97. The highest BCUT2D eigenvalue weighted by atomic mass is 16.5. The summed E-state index contributed by atoms with van der Waals surface area (Å²) in [6.45, 7) is 55.6. The van der Waals surface area contributed by atoms with Crippen LogP contribution in [0, 0.1) is 131 Å². The summed E-state index contributed by atoms with van der Waals surface area (Å²) in [5, 5.41) is 16.3. The molecule has 15 aliphatic carbocycles. The molecule has 130 heavy (non-hydrogen) atoms. The van der Waals surface area contributed by atoms with Crippen LogP contribution in [0.5, 0.6) is 0 Å². The van der Waals surface area contributed by atoms with E-state index in [9.17, 15) is 28.8 Å². The van der Waals surface area contributed by atoms with Crippen molar-refractivity contribution < 1.29 is 52.5 Å². The monoisotopic (exact) mass is 1790 g/mol. The maximum Gasteiger partial charge on any atom is 0.244 e. The largest absolute Gasteiger partial charge is 0.376 e. The fourth-order valence-corrected chi connectivity index (χ4v) is 35.2. The Labute approximate surface area is 786 Å². The number of amides is 5. The number of hydrogen-bond donors (Lipinski definition) is 5. The zero-order valence-electron chi connectivity index (χ0n) is 85.0. The molecule has 16 nitrogen and oxygen atoms in total. The minimum atomic E-state index is -0.229. The van der Waals surface area contributed by atoms with Gasteiger partial charge in [0.05, 0.1) is 61.0 Å². The average Bonchev–Trinajstić information content (AvgIpc) is 1.21. The predicted octanol–water partition coefficient (Wildman–Crippen LogP) is 23.1. The SMILES string of the molecule is C=C1CC[C@H]2[C@@H]3CC[C@H]4C[C@@H](OC(C)C)CC[C@]4(C)[C@H]3CC[C@]2(C)C1.C=C1CC[C@H]2[C@@H]3NC(=O)C=C4C[C@@H](OC(C)C)CC[C@]4(C)[C@H]3CC[C@]2(C)C1.CC(C)O[C@H]1CC[C@@]2(C)C(=CC(=O)N[C@@H]3[C@@H]2CC[C@]2(C)C(=O)CC[C@@H]32)C1.CC(C)O[C@H]1CC[C@H]2[C@@H]3CCC4=CC(=O)NCC[C@]4(C)[C@H]3CC[C@]12C.CC(C)O[C@H]1CC[C@H]2[C@@H]3CCC4=CC(=O)NCC[C@]4(C)[C@H]3NC(=O)C[C@]12C. The van der Waals surface area contributed by atoms with Crippen LogP contribution in [0.1, 0.15) is 382 Å². The first kappa shape index (κ1) is 98.3. The fourth-order valence-electron chi connectivity index (χ4n) is 35.2. The molecule has 5 aliphatic heterocycles. The second-order valence-corrected chi connectivity index (χ2v) is 51.0. The van der Waals surface area contributed by atoms with Gasteiger partial charge in [-0.05, 0) is 415 Å². The molecule has 0 unspecified atom stereocenters. The zero-order valence-corrected chi connectivity index (χ0v) is 85.0. The van der Waals surface area contributed by atoms with Crippen LogP contribution in [0.15, 0.2) is 70.9 Å². The molecule has 1 saturated heterocycles. The lowest BCUT2D eigenvalue weighted by atomic mass is 9.43. The van der Waals surface area contributed by atoms with Gasteiger partial charge in [-0.3, -0.25) is 28.8 Å². The summed E-state index contributed by atoms with van der Waals surface area (Å²) in [4.78, 5) is 75.2. The van der Waals surface area contributed by atoms with Crippen LogP contribution in [-0.4, -0.2) is 128 Å². The molecule has 0 aromatic rings. The number of allylic oxidation sites excluding steroid dienone is 3. The molecule has 16 fully saturated rings. The van der Waals surface area contributed by atoms with E-state index in [1.165, 1.54) is 149 Å². The van der Waals surface area contributed by atoms with E-state index in [4.69, 9.17) is 23.7 Å². The van der Waals surface area contributed by atoms with Gasteiger partial charge in [-0.15, -0.1) is 0 Å². The summed E-state index contributed by atoms with van der Waals surface area (Å²) in [6, 6.07) is 0.557. The Hall–Kier alpha value is -4.74. The van der Waals surface area contributed by atoms with Crippen LogP contribution >= 0.6 is 0 Å². The molecule has 0 radical (unpaired) electrons. The lowest BCUT2D eigenvalue weighted by Crippen LogP contribution is -2.57. The van der Waals surface area contributed by atoms with Crippen molar-refractivity contribution in [2.24, 2.45) is 131 Å². The number of hydrogen-bond acceptors (Lipinski definition) is 11. The van der Waals surface area contributed by atoms with Crippen LogP contribution in [0.2, 0.25) is 0 Å². The Kier molecular flexibility index (Phi) is 28.6. The number of nitrogens with one attached hydrogen (secondary N) is 5. The van der Waals surface area contributed by atoms with E-state index in [1.54, 1.807) is 6.08 Å². The van der Waals surface area contributed by atoms with E-state index in [-0.39, 0.29) is 111 Å². The van der Waals surface area contributed by atoms with Gasteiger partial charge in [0, 0.05) is 84.6 Å². The Bertz CT molecular complexity index is 4340. The molecule has 726 valence electrons. The van der Waals surface area contributed by atoms with Crippen molar-refractivity contribution in [3.63, 3.8) is 0 Å². The topological polar surface area (TPSA) is 209 Å². The Balaban J connectivity index is 0.000000119. The number of fused-ring (bicyclic) bond motifs is 25. The fraction of sp³-hybridized carbons (Fsp3) is 0.842. The van der Waals surface area contributed by atoms with Crippen molar-refractivity contribution >= 4 is 35.3 Å². The molecule has 20 rings (SSSR count). The number of Topliss-reactive ketones (excluding diaryl/α,β-unsaturated/α-hetero) is 1. The van der Waals surface area contributed by atoms with Gasteiger partial charge >= 0.3 is 0 Å². The smallest absolute Gasteiger partial charge is 0.244 e. The van der Waals surface area contributed by atoms with Crippen molar-refractivity contribution in [1.82, 2.24) is 26.6 Å². The third kappa shape index (κ3) is 18.7. The number of carbonyl (C=O) groups is 6. The van der Waals surface area contributed by atoms with E-state index >= 15 is 0 Å². The summed E-state index contributed by atoms with van der Waals surface area (Å²) < 4.78 is 31.1. The van der Waals surface area contributed by atoms with Crippen LogP contribution < -0.4 is 26.6 Å². The molecule has 5 N–H and O–H groups in total. The van der Waals surface area contributed by atoms with Gasteiger partial charge in [-0.1, -0.05) is 116 Å². The van der Waals surface area contributed by atoms with Crippen molar-refractivity contribution in [3.8, 4) is 0 Å². The van der Waals surface area contributed by atoms with E-state index in [0.29, 0.717) is 113 Å². The molecule has 16 heteroatoms. The predicted molar refractivity (Wildman–Crippen MR) is 519 cm³/mol. The van der Waals surface area contributed by atoms with E-state index in [1.807, 2.05) is 18.2 Å². The summed E-state index contributed by atoms with van der Waals surface area (Å²) >= 11 is 0. The highest BCUT2D eigenvalue weighted by Gasteiger charge is 2.65. The lowest BCUT2D eigenvalue weighted by Gasteiger charge is -2.62. The van der Waals surface area contributed by atoms with Crippen LogP contribution in [-0.2, 0) is 52.5 Å². The molecular formula is C114H179N5O11. The second kappa shape index (κ2) is 37.9. The molecule has 0 aromatic heterocycles. The van der Waals surface area contributed by atoms with Gasteiger partial charge in [-0.2, -0.15) is 0 Å². The molecule has 15 saturated carbocycles. The quantitative estimate of drug-likeness (QED) is 0.130. The Morgan fingerprint density at radius 1 is 0.323 bits per heavy atom. The highest BCUT2D eigenvalue weighted by molar-refractivity contribution is 5.92. The molecule has 31 atom stereocenters. The first-order chi connectivity index (χ1) is 61.3. The van der Waals surface area contributed by atoms with Crippen LogP contribution in [0.4, 0.5) is 0 Å². The summed E-state index contributed by atoms with van der Waals surface area (Å²) in [7, 11) is 0. The first-order valence-corrected chi connectivity index (χ1v) is 53.8. The van der Waals surface area contributed by atoms with Crippen molar-refractivity contribution in [2.45, 2.75) is 462 Å². The van der Waals surface area contributed by atoms with Crippen molar-refractivity contribution in [1.29, 1.82) is 0 Å². The second-order valence-electron chi connectivity index (χ2n) is 51.0. The minimum Gasteiger partial charge on any atom is -0.376 e. The normalized spacial score (nSPS) is 46.1. The number of carbonyl (C=O) groups excluding carboxylic acids is 6. The van der Waals surface area contributed by atoms with Gasteiger partial charge in [0.25, 0.3) is 0 Å². The molecule has 5 heterocycles. The number of rotatable bonds is 10. The highest BCUT2D eigenvalue weighted by Crippen LogP contribution is 2.70. The molecule has 0 bridgehead atoms.